The minimum Gasteiger partial charge on any atom is -0.456 e. The van der Waals surface area contributed by atoms with E-state index < -0.39 is 0 Å². The van der Waals surface area contributed by atoms with Gasteiger partial charge in [-0.25, -0.2) is 0 Å². The summed E-state index contributed by atoms with van der Waals surface area (Å²) in [5, 5.41) is 10.9. The molecule has 0 amide bonds. The molecule has 0 saturated carbocycles. The molecular formula is C64H53BN2O3. The average Bonchev–Trinajstić information content (AvgIpc) is 4.00. The molecule has 5 nitrogen and oxygen atoms in total. The molecule has 8 aromatic carbocycles. The summed E-state index contributed by atoms with van der Waals surface area (Å²) >= 11 is 0. The Balaban J connectivity index is 1.04. The van der Waals surface area contributed by atoms with Gasteiger partial charge < -0.3 is 23.5 Å². The van der Waals surface area contributed by atoms with E-state index in [9.17, 15) is 0 Å². The molecule has 6 heteroatoms. The Morgan fingerprint density at radius 3 is 2.07 bits per heavy atom. The summed E-state index contributed by atoms with van der Waals surface area (Å²) in [6.07, 6.45) is 4.37. The molecule has 3 aromatic heterocycles. The van der Waals surface area contributed by atoms with Crippen LogP contribution in [0.4, 0.5) is 11.4 Å². The van der Waals surface area contributed by atoms with Gasteiger partial charge in [0.25, 0.3) is 0 Å². The minimum absolute atomic E-state index is 0.0415. The van der Waals surface area contributed by atoms with Gasteiger partial charge in [0.05, 0.1) is 11.2 Å². The van der Waals surface area contributed by atoms with Crippen LogP contribution in [0.25, 0.3) is 93.8 Å². The predicted molar refractivity (Wildman–Crippen MR) is 295 cm³/mol. The molecule has 0 spiro atoms. The van der Waals surface area contributed by atoms with Crippen LogP contribution in [0.15, 0.2) is 161 Å². The summed E-state index contributed by atoms with van der Waals surface area (Å²) in [4.78, 5) is 0. The first-order valence-electron chi connectivity index (χ1n) is 24.8. The van der Waals surface area contributed by atoms with Crippen molar-refractivity contribution < 1.29 is 13.6 Å². The van der Waals surface area contributed by atoms with Crippen molar-refractivity contribution in [1.82, 2.24) is 4.57 Å². The van der Waals surface area contributed by atoms with Crippen LogP contribution in [0.5, 0.6) is 5.75 Å². The van der Waals surface area contributed by atoms with E-state index >= 15 is 0 Å². The highest BCUT2D eigenvalue weighted by Gasteiger charge is 2.38. The van der Waals surface area contributed by atoms with Gasteiger partial charge in [-0.3, -0.25) is 0 Å². The Morgan fingerprint density at radius 1 is 0.600 bits per heavy atom. The molecule has 0 fully saturated rings. The van der Waals surface area contributed by atoms with Gasteiger partial charge in [0.15, 0.2) is 7.28 Å². The second-order valence-corrected chi connectivity index (χ2v) is 22.6. The van der Waals surface area contributed by atoms with E-state index in [1.807, 2.05) is 24.3 Å². The maximum atomic E-state index is 6.94. The molecule has 1 N–H and O–H groups in total. The van der Waals surface area contributed by atoms with Gasteiger partial charge in [0, 0.05) is 84.1 Å². The first kappa shape index (κ1) is 41.3. The van der Waals surface area contributed by atoms with E-state index in [1.165, 1.54) is 54.9 Å². The third-order valence-corrected chi connectivity index (χ3v) is 16.2. The van der Waals surface area contributed by atoms with Crippen LogP contribution in [0.3, 0.4) is 0 Å². The van der Waals surface area contributed by atoms with Gasteiger partial charge in [0.1, 0.15) is 33.8 Å². The van der Waals surface area contributed by atoms with Crippen molar-refractivity contribution in [3.8, 4) is 22.6 Å². The third-order valence-electron chi connectivity index (χ3n) is 16.2. The number of allylic oxidation sites excluding steroid dienone is 2. The Morgan fingerprint density at radius 2 is 1.29 bits per heavy atom. The fourth-order valence-corrected chi connectivity index (χ4v) is 12.1. The third kappa shape index (κ3) is 6.05. The number of furan rings is 2. The number of anilines is 2. The molecule has 0 bridgehead atoms. The average molecular weight is 909 g/mol. The molecule has 0 unspecified atom stereocenters. The van der Waals surface area contributed by atoms with Gasteiger partial charge in [0.2, 0.25) is 0 Å². The first-order chi connectivity index (χ1) is 33.7. The fourth-order valence-electron chi connectivity index (χ4n) is 12.1. The number of nitrogens with one attached hydrogen (secondary N) is 1. The van der Waals surface area contributed by atoms with Crippen molar-refractivity contribution >= 4 is 107 Å². The quantitative estimate of drug-likeness (QED) is 0.179. The van der Waals surface area contributed by atoms with Crippen molar-refractivity contribution in [2.75, 3.05) is 5.32 Å². The normalized spacial score (nSPS) is 15.8. The lowest BCUT2D eigenvalue weighted by molar-refractivity contribution is 0.332. The van der Waals surface area contributed by atoms with Gasteiger partial charge in [-0.1, -0.05) is 139 Å². The molecule has 0 saturated heterocycles. The highest BCUT2D eigenvalue weighted by molar-refractivity contribution is 6.73. The Bertz CT molecular complexity index is 4130. The maximum Gasteiger partial charge on any atom is 0.198 e. The van der Waals surface area contributed by atoms with E-state index in [4.69, 9.17) is 13.6 Å². The van der Waals surface area contributed by atoms with E-state index in [0.29, 0.717) is 7.28 Å². The second kappa shape index (κ2) is 14.2. The highest BCUT2D eigenvalue weighted by atomic mass is 16.5. The van der Waals surface area contributed by atoms with Crippen molar-refractivity contribution in [1.29, 1.82) is 0 Å². The summed E-state index contributed by atoms with van der Waals surface area (Å²) in [5.74, 6) is 1.60. The second-order valence-electron chi connectivity index (χ2n) is 22.6. The molecule has 2 aliphatic heterocycles. The van der Waals surface area contributed by atoms with Crippen LogP contribution in [0.2, 0.25) is 0 Å². The molecule has 3 aliphatic rings. The summed E-state index contributed by atoms with van der Waals surface area (Å²) < 4.78 is 22.8. The number of hydrogen-bond donors (Lipinski definition) is 1. The number of hydrogen-bond acceptors (Lipinski definition) is 4. The first-order valence-corrected chi connectivity index (χ1v) is 24.8. The van der Waals surface area contributed by atoms with Crippen molar-refractivity contribution in [3.05, 3.63) is 180 Å². The standard InChI is InChI=1S/C64H53BN2O3/c1-35-26-55(36-14-10-9-11-15-36)69-58-34-53-50(30-42(35)58)65-60-40(22-23-41-44-28-45-39-16-12-13-17-54(39)68-59(45)33-52(44)67(53)61(41)60)43-27-46-47-29-48-49(64(7,8)25-24-63(48,5)6)31-56(47)70-57(46)32-51(43)66-38-20-18-37(19-21-38)62(2,3)4/h9-23,26-34,65-66H,1,24-25H2,2-8H3. The van der Waals surface area contributed by atoms with E-state index in [1.54, 1.807) is 0 Å². The SMILES string of the molecule is C=C1C=C(c2ccccc2)Oc2cc3c(cc21)Bc1c(-c2cc4c(cc2Nc2ccc(C(C)(C)C)cc2)oc2cc5c(cc24)C(C)(C)CCC5(C)C)ccc2c4cc5c(cc4n-3c12)oc1ccccc15. The number of para-hydroxylation sites is 1. The van der Waals surface area contributed by atoms with Crippen LogP contribution < -0.4 is 21.0 Å². The molecule has 1 aliphatic carbocycles. The minimum atomic E-state index is 0.0415. The van der Waals surface area contributed by atoms with Gasteiger partial charge in [-0.05, 0) is 111 Å². The van der Waals surface area contributed by atoms with Crippen molar-refractivity contribution in [2.45, 2.75) is 77.6 Å². The predicted octanol–water partition coefficient (Wildman–Crippen LogP) is 15.8. The summed E-state index contributed by atoms with van der Waals surface area (Å²) in [6, 6.07) is 50.9. The number of ether oxygens (including phenoxy) is 1. The summed E-state index contributed by atoms with van der Waals surface area (Å²) in [5.41, 5.74) is 21.0. The topological polar surface area (TPSA) is 52.5 Å². The zero-order chi connectivity index (χ0) is 47.6. The van der Waals surface area contributed by atoms with E-state index in [-0.39, 0.29) is 16.2 Å². The van der Waals surface area contributed by atoms with Crippen LogP contribution in [-0.4, -0.2) is 11.8 Å². The van der Waals surface area contributed by atoms with E-state index in [2.05, 4.69) is 186 Å². The van der Waals surface area contributed by atoms with Gasteiger partial charge in [-0.15, -0.1) is 0 Å². The largest absolute Gasteiger partial charge is 0.456 e. The molecular weight excluding hydrogens is 856 g/mol. The van der Waals surface area contributed by atoms with Crippen molar-refractivity contribution in [3.63, 3.8) is 0 Å². The lowest BCUT2D eigenvalue weighted by Gasteiger charge is -2.41. The Hall–Kier alpha value is -7.70. The number of rotatable bonds is 4. The zero-order valence-electron chi connectivity index (χ0n) is 40.9. The number of benzene rings is 8. The monoisotopic (exact) mass is 908 g/mol. The Labute approximate surface area is 408 Å². The molecule has 11 aromatic rings. The van der Waals surface area contributed by atoms with E-state index in [0.717, 1.165) is 108 Å². The van der Waals surface area contributed by atoms with Crippen molar-refractivity contribution in [2.24, 2.45) is 0 Å². The smallest absolute Gasteiger partial charge is 0.198 e. The molecule has 340 valence electrons. The maximum absolute atomic E-state index is 6.94. The molecule has 14 rings (SSSR count). The lowest BCUT2D eigenvalue weighted by atomic mass is 9.58. The summed E-state index contributed by atoms with van der Waals surface area (Å²) in [7, 11) is 0.716. The number of aromatic nitrogens is 1. The zero-order valence-corrected chi connectivity index (χ0v) is 40.9. The van der Waals surface area contributed by atoms with Crippen LogP contribution in [0.1, 0.15) is 89.1 Å². The van der Waals surface area contributed by atoms with Gasteiger partial charge in [-0.2, -0.15) is 0 Å². The molecule has 5 heterocycles. The number of fused-ring (bicyclic) bond motifs is 13. The van der Waals surface area contributed by atoms with Crippen LogP contribution in [-0.2, 0) is 16.2 Å². The Kier molecular flexibility index (Phi) is 8.38. The van der Waals surface area contributed by atoms with Crippen LogP contribution in [0, 0.1) is 0 Å². The molecule has 0 atom stereocenters. The molecule has 70 heavy (non-hydrogen) atoms. The lowest BCUT2D eigenvalue weighted by Crippen LogP contribution is -2.37. The highest BCUT2D eigenvalue weighted by Crippen LogP contribution is 2.50. The summed E-state index contributed by atoms with van der Waals surface area (Å²) in [6.45, 7) is 21.0. The van der Waals surface area contributed by atoms with Crippen LogP contribution >= 0.6 is 0 Å². The number of nitrogens with zero attached hydrogens (tertiary/aromatic N) is 1. The van der Waals surface area contributed by atoms with Gasteiger partial charge >= 0.3 is 0 Å². The fraction of sp³-hybridized carbons (Fsp3) is 0.188. The molecule has 0 radical (unpaired) electrons.